The van der Waals surface area contributed by atoms with Crippen LogP contribution in [-0.2, 0) is 10.0 Å². The van der Waals surface area contributed by atoms with Crippen LogP contribution in [0.3, 0.4) is 0 Å². The summed E-state index contributed by atoms with van der Waals surface area (Å²) in [6, 6.07) is 26.2. The Labute approximate surface area is 256 Å². The molecule has 5 aromatic rings. The zero-order valence-corrected chi connectivity index (χ0v) is 25.3. The molecule has 0 saturated carbocycles. The predicted molar refractivity (Wildman–Crippen MR) is 175 cm³/mol. The summed E-state index contributed by atoms with van der Waals surface area (Å²) in [6.07, 6.45) is 1.62. The number of likely N-dealkylation sites (N-methyl/N-ethyl adjacent to an activating group) is 1. The minimum Gasteiger partial charge on any atom is -0.494 e. The molecule has 0 radical (unpaired) electrons. The molecule has 0 bridgehead atoms. The zero-order valence-electron chi connectivity index (χ0n) is 24.5. The summed E-state index contributed by atoms with van der Waals surface area (Å²) in [7, 11) is -1.68. The van der Waals surface area contributed by atoms with E-state index in [0.29, 0.717) is 22.2 Å². The lowest BCUT2D eigenvalue weighted by Gasteiger charge is -2.34. The molecule has 9 nitrogen and oxygen atoms in total. The third-order valence-electron chi connectivity index (χ3n) is 7.82. The van der Waals surface area contributed by atoms with Crippen LogP contribution in [0.2, 0.25) is 0 Å². The number of carbonyl (C=O) groups excluding carboxylic acids is 1. The molecule has 4 aromatic carbocycles. The lowest BCUT2D eigenvalue weighted by atomic mass is 10.0. The van der Waals surface area contributed by atoms with Crippen molar-refractivity contribution >= 4 is 50.0 Å². The Balaban J connectivity index is 1.18. The molecule has 10 heteroatoms. The molecule has 0 spiro atoms. The summed E-state index contributed by atoms with van der Waals surface area (Å²) < 4.78 is 28.3. The van der Waals surface area contributed by atoms with Gasteiger partial charge in [-0.25, -0.2) is 8.42 Å². The normalized spacial score (nSPS) is 14.4. The largest absolute Gasteiger partial charge is 0.494 e. The fourth-order valence-corrected chi connectivity index (χ4v) is 6.47. The molecule has 0 unspecified atom stereocenters. The number of rotatable bonds is 8. The number of benzene rings is 4. The molecule has 1 fully saturated rings. The number of aliphatic imine (C=N–C) groups is 1. The van der Waals surface area contributed by atoms with Gasteiger partial charge in [-0.3, -0.25) is 14.5 Å². The van der Waals surface area contributed by atoms with E-state index < -0.39 is 10.0 Å². The smallest absolute Gasteiger partial charge is 0.261 e. The van der Waals surface area contributed by atoms with E-state index in [1.165, 1.54) is 17.8 Å². The number of ketones is 1. The second kappa shape index (κ2) is 12.0. The highest BCUT2D eigenvalue weighted by atomic mass is 32.2. The molecule has 1 saturated heterocycles. The van der Waals surface area contributed by atoms with E-state index in [-0.39, 0.29) is 22.2 Å². The van der Waals surface area contributed by atoms with Gasteiger partial charge in [-0.05, 0) is 74.1 Å². The maximum atomic E-state index is 13.4. The van der Waals surface area contributed by atoms with Crippen LogP contribution >= 0.6 is 0 Å². The van der Waals surface area contributed by atoms with Crippen molar-refractivity contribution in [2.75, 3.05) is 42.8 Å². The van der Waals surface area contributed by atoms with Crippen molar-refractivity contribution in [1.82, 2.24) is 9.88 Å². The van der Waals surface area contributed by atoms with Gasteiger partial charge in [-0.2, -0.15) is 0 Å². The van der Waals surface area contributed by atoms with Gasteiger partial charge < -0.3 is 19.9 Å². The van der Waals surface area contributed by atoms with Gasteiger partial charge >= 0.3 is 0 Å². The van der Waals surface area contributed by atoms with Crippen LogP contribution in [0.25, 0.3) is 10.9 Å². The SMILES string of the molecule is Cc1cccc(S(=O)(=O)Nc2cccc(C(=O)c3ccc4c(C=Nc5ccc(N6CCN(C)CC6)cc5)c(O)[nH]c4c3)c2)c1. The van der Waals surface area contributed by atoms with Crippen LogP contribution in [0.5, 0.6) is 5.88 Å². The van der Waals surface area contributed by atoms with Crippen LogP contribution in [0.4, 0.5) is 17.1 Å². The lowest BCUT2D eigenvalue weighted by Crippen LogP contribution is -2.44. The summed E-state index contributed by atoms with van der Waals surface area (Å²) in [4.78, 5) is 25.7. The van der Waals surface area contributed by atoms with Crippen molar-refractivity contribution in [3.8, 4) is 5.88 Å². The minimum atomic E-state index is -3.82. The van der Waals surface area contributed by atoms with Crippen molar-refractivity contribution in [1.29, 1.82) is 0 Å². The van der Waals surface area contributed by atoms with Crippen molar-refractivity contribution in [2.45, 2.75) is 11.8 Å². The number of nitrogens with one attached hydrogen (secondary N) is 2. The van der Waals surface area contributed by atoms with Gasteiger partial charge in [-0.15, -0.1) is 0 Å². The average Bonchev–Trinajstić information content (AvgIpc) is 3.34. The monoisotopic (exact) mass is 607 g/mol. The molecule has 6 rings (SSSR count). The molecule has 2 heterocycles. The third-order valence-corrected chi connectivity index (χ3v) is 9.20. The van der Waals surface area contributed by atoms with Crippen molar-refractivity contribution in [3.05, 3.63) is 113 Å². The highest BCUT2D eigenvalue weighted by Gasteiger charge is 2.18. The standard InChI is InChI=1S/C34H33N5O4S/c1-23-5-3-8-29(19-23)44(42,43)37-27-7-4-6-24(20-27)33(40)25-9-14-30-31(34(41)36-32(30)21-25)22-35-26-10-12-28(13-11-26)39-17-15-38(2)16-18-39/h3-14,19-22,36-37,41H,15-18H2,1-2H3. The molecule has 1 aliphatic rings. The van der Waals surface area contributed by atoms with Gasteiger partial charge in [0.15, 0.2) is 11.7 Å². The molecule has 0 aliphatic carbocycles. The Morgan fingerprint density at radius 2 is 1.64 bits per heavy atom. The van der Waals surface area contributed by atoms with Gasteiger partial charge in [0.25, 0.3) is 10.0 Å². The quantitative estimate of drug-likeness (QED) is 0.154. The molecule has 0 amide bonds. The number of aromatic amines is 1. The van der Waals surface area contributed by atoms with Crippen molar-refractivity contribution in [3.63, 3.8) is 0 Å². The fraction of sp³-hybridized carbons (Fsp3) is 0.176. The fourth-order valence-electron chi connectivity index (χ4n) is 5.32. The van der Waals surface area contributed by atoms with Crippen LogP contribution < -0.4 is 9.62 Å². The number of aromatic hydroxyl groups is 1. The number of nitrogens with zero attached hydrogens (tertiary/aromatic N) is 3. The number of fused-ring (bicyclic) bond motifs is 1. The number of carbonyl (C=O) groups is 1. The highest BCUT2D eigenvalue weighted by molar-refractivity contribution is 7.92. The van der Waals surface area contributed by atoms with Crippen molar-refractivity contribution in [2.24, 2.45) is 4.99 Å². The first-order valence-electron chi connectivity index (χ1n) is 14.3. The van der Waals surface area contributed by atoms with Crippen molar-refractivity contribution < 1.29 is 18.3 Å². The number of aromatic nitrogens is 1. The van der Waals surface area contributed by atoms with Crippen LogP contribution in [0, 0.1) is 6.92 Å². The summed E-state index contributed by atoms with van der Waals surface area (Å²) in [5.74, 6) is -0.330. The summed E-state index contributed by atoms with van der Waals surface area (Å²) in [6.45, 7) is 5.88. The van der Waals surface area contributed by atoms with E-state index in [1.54, 1.807) is 54.7 Å². The zero-order chi connectivity index (χ0) is 30.8. The summed E-state index contributed by atoms with van der Waals surface area (Å²) in [5.41, 5.74) is 4.86. The third kappa shape index (κ3) is 6.22. The number of H-pyrrole nitrogens is 1. The van der Waals surface area contributed by atoms with Crippen LogP contribution in [0.15, 0.2) is 101 Å². The molecular weight excluding hydrogens is 574 g/mol. The molecule has 1 aliphatic heterocycles. The number of aryl methyl sites for hydroxylation is 1. The summed E-state index contributed by atoms with van der Waals surface area (Å²) in [5, 5.41) is 11.4. The average molecular weight is 608 g/mol. The molecule has 0 atom stereocenters. The molecule has 224 valence electrons. The topological polar surface area (TPSA) is 118 Å². The number of anilines is 2. The summed E-state index contributed by atoms with van der Waals surface area (Å²) >= 11 is 0. The van der Waals surface area contributed by atoms with E-state index in [1.807, 2.05) is 25.1 Å². The molecule has 3 N–H and O–H groups in total. The Bertz CT molecular complexity index is 1980. The second-order valence-corrected chi connectivity index (χ2v) is 12.7. The number of sulfonamides is 1. The first-order valence-corrected chi connectivity index (χ1v) is 15.8. The predicted octanol–water partition coefficient (Wildman–Crippen LogP) is 5.72. The number of hydrogen-bond acceptors (Lipinski definition) is 7. The molecular formula is C34H33N5O4S. The van der Waals surface area contributed by atoms with E-state index >= 15 is 0 Å². The van der Waals surface area contributed by atoms with Gasteiger partial charge in [0.05, 0.1) is 16.1 Å². The Morgan fingerprint density at radius 3 is 2.39 bits per heavy atom. The first-order chi connectivity index (χ1) is 21.2. The lowest BCUT2D eigenvalue weighted by molar-refractivity contribution is 0.103. The van der Waals surface area contributed by atoms with Gasteiger partial charge in [0.2, 0.25) is 0 Å². The minimum absolute atomic E-state index is 0.0463. The Kier molecular flexibility index (Phi) is 7.94. The number of piperazine rings is 1. The first kappa shape index (κ1) is 29.2. The molecule has 44 heavy (non-hydrogen) atoms. The maximum absolute atomic E-state index is 13.4. The van der Waals surface area contributed by atoms with E-state index in [9.17, 15) is 18.3 Å². The van der Waals surface area contributed by atoms with Gasteiger partial charge in [0, 0.05) is 65.8 Å². The second-order valence-electron chi connectivity index (χ2n) is 11.0. The maximum Gasteiger partial charge on any atom is 0.261 e. The van der Waals surface area contributed by atoms with Crippen LogP contribution in [0.1, 0.15) is 27.0 Å². The van der Waals surface area contributed by atoms with Gasteiger partial charge in [0.1, 0.15) is 0 Å². The van der Waals surface area contributed by atoms with Gasteiger partial charge in [-0.1, -0.05) is 36.4 Å². The van der Waals surface area contributed by atoms with E-state index in [2.05, 4.69) is 43.7 Å². The Hall–Kier alpha value is -4.93. The van der Waals surface area contributed by atoms with E-state index in [0.717, 1.165) is 42.8 Å². The highest BCUT2D eigenvalue weighted by Crippen LogP contribution is 2.29. The Morgan fingerprint density at radius 1 is 0.909 bits per heavy atom. The van der Waals surface area contributed by atoms with E-state index in [4.69, 9.17) is 0 Å². The van der Waals surface area contributed by atoms with Crippen LogP contribution in [-0.4, -0.2) is 68.6 Å². The molecule has 1 aromatic heterocycles. The number of hydrogen-bond donors (Lipinski definition) is 3.